The van der Waals surface area contributed by atoms with E-state index in [9.17, 15) is 0 Å². The third kappa shape index (κ3) is 4.02. The maximum absolute atomic E-state index is 8.98. The Bertz CT molecular complexity index is 209. The van der Waals surface area contributed by atoms with Gasteiger partial charge in [-0.2, -0.15) is 0 Å². The molecule has 12 heavy (non-hydrogen) atoms. The van der Waals surface area contributed by atoms with Crippen LogP contribution in [0.2, 0.25) is 0 Å². The van der Waals surface area contributed by atoms with E-state index in [1.165, 1.54) is 5.57 Å². The molecule has 0 rings (SSSR count). The van der Waals surface area contributed by atoms with E-state index in [2.05, 4.69) is 27.0 Å². The summed E-state index contributed by atoms with van der Waals surface area (Å²) < 4.78 is 0. The Morgan fingerprint density at radius 3 is 2.25 bits per heavy atom. The number of hydrogen-bond acceptors (Lipinski definition) is 1. The monoisotopic (exact) mass is 166 g/mol. The number of aliphatic hydroxyl groups is 1. The van der Waals surface area contributed by atoms with E-state index in [-0.39, 0.29) is 5.76 Å². The quantitative estimate of drug-likeness (QED) is 0.384. The third-order valence-electron chi connectivity index (χ3n) is 1.94. The first-order chi connectivity index (χ1) is 5.45. The molecule has 0 aromatic rings. The van der Waals surface area contributed by atoms with Crippen LogP contribution in [0.4, 0.5) is 0 Å². The van der Waals surface area contributed by atoms with Crippen molar-refractivity contribution in [1.82, 2.24) is 0 Å². The molecule has 1 nitrogen and oxygen atoms in total. The van der Waals surface area contributed by atoms with Crippen LogP contribution in [0, 0.1) is 5.92 Å². The Morgan fingerprint density at radius 1 is 1.42 bits per heavy atom. The minimum atomic E-state index is 0.145. The van der Waals surface area contributed by atoms with Crippen molar-refractivity contribution in [3.8, 4) is 0 Å². The summed E-state index contributed by atoms with van der Waals surface area (Å²) in [6.45, 7) is 13.4. The second-order valence-corrected chi connectivity index (χ2v) is 3.35. The minimum Gasteiger partial charge on any atom is -0.508 e. The Morgan fingerprint density at radius 2 is 1.92 bits per heavy atom. The average Bonchev–Trinajstić information content (AvgIpc) is 1.98. The zero-order valence-corrected chi connectivity index (χ0v) is 8.22. The number of hydrogen-bond donors (Lipinski definition) is 1. The lowest BCUT2D eigenvalue weighted by atomic mass is 10.0. The normalized spacial score (nSPS) is 11.8. The van der Waals surface area contributed by atoms with E-state index < -0.39 is 0 Å². The molecule has 0 heterocycles. The molecule has 1 heteroatoms. The van der Waals surface area contributed by atoms with Gasteiger partial charge in [-0.25, -0.2) is 0 Å². The molecule has 1 N–H and O–H groups in total. The second kappa shape index (κ2) is 4.81. The number of allylic oxidation sites excluding steroid dienone is 3. The second-order valence-electron chi connectivity index (χ2n) is 3.35. The van der Waals surface area contributed by atoms with Crippen molar-refractivity contribution in [3.05, 3.63) is 36.1 Å². The topological polar surface area (TPSA) is 20.2 Å². The molecule has 0 aromatic carbocycles. The van der Waals surface area contributed by atoms with Gasteiger partial charge in [-0.3, -0.25) is 0 Å². The SMILES string of the molecule is C=C(O)/C(C)=C\CC(=C)C(C)C. The Kier molecular flexibility index (Phi) is 4.42. The lowest BCUT2D eigenvalue weighted by Crippen LogP contribution is -1.91. The standard InChI is InChI=1S/C11H18O/c1-8(2)9(3)6-7-10(4)11(5)12/h7-8,12H,3,5-6H2,1-2,4H3/b10-7-. The van der Waals surface area contributed by atoms with Gasteiger partial charge in [0.05, 0.1) is 0 Å². The average molecular weight is 166 g/mol. The molecule has 0 unspecified atom stereocenters. The van der Waals surface area contributed by atoms with Crippen LogP contribution in [0.15, 0.2) is 36.1 Å². The summed E-state index contributed by atoms with van der Waals surface area (Å²) in [5.41, 5.74) is 2.01. The van der Waals surface area contributed by atoms with Crippen LogP contribution in [-0.2, 0) is 0 Å². The Hall–Kier alpha value is -0.980. The zero-order chi connectivity index (χ0) is 9.72. The van der Waals surface area contributed by atoms with Crippen LogP contribution in [0.5, 0.6) is 0 Å². The van der Waals surface area contributed by atoms with Crippen LogP contribution in [0.3, 0.4) is 0 Å². The summed E-state index contributed by atoms with van der Waals surface area (Å²) in [6.07, 6.45) is 2.77. The molecule has 0 amide bonds. The summed E-state index contributed by atoms with van der Waals surface area (Å²) in [7, 11) is 0. The van der Waals surface area contributed by atoms with E-state index in [1.54, 1.807) is 0 Å². The van der Waals surface area contributed by atoms with Gasteiger partial charge in [0.15, 0.2) is 0 Å². The van der Waals surface area contributed by atoms with Gasteiger partial charge in [0, 0.05) is 0 Å². The smallest absolute Gasteiger partial charge is 0.111 e. The summed E-state index contributed by atoms with van der Waals surface area (Å²) in [6, 6.07) is 0. The summed E-state index contributed by atoms with van der Waals surface area (Å²) in [5, 5.41) is 8.98. The molecular formula is C11H18O. The van der Waals surface area contributed by atoms with E-state index in [0.717, 1.165) is 12.0 Å². The van der Waals surface area contributed by atoms with E-state index in [1.807, 2.05) is 13.0 Å². The van der Waals surface area contributed by atoms with Gasteiger partial charge in [-0.15, -0.1) is 0 Å². The lowest BCUT2D eigenvalue weighted by molar-refractivity contribution is 0.426. The van der Waals surface area contributed by atoms with Gasteiger partial charge < -0.3 is 5.11 Å². The molecule has 0 spiro atoms. The highest BCUT2D eigenvalue weighted by atomic mass is 16.3. The van der Waals surface area contributed by atoms with Crippen molar-refractivity contribution in [2.75, 3.05) is 0 Å². The maximum atomic E-state index is 8.98. The van der Waals surface area contributed by atoms with Crippen molar-refractivity contribution in [3.63, 3.8) is 0 Å². The molecule has 0 aliphatic carbocycles. The number of aliphatic hydroxyl groups excluding tert-OH is 1. The molecule has 0 atom stereocenters. The van der Waals surface area contributed by atoms with Gasteiger partial charge >= 0.3 is 0 Å². The highest BCUT2D eigenvalue weighted by Gasteiger charge is 1.98. The van der Waals surface area contributed by atoms with E-state index >= 15 is 0 Å². The molecule has 0 aromatic heterocycles. The van der Waals surface area contributed by atoms with E-state index in [4.69, 9.17) is 5.11 Å². The minimum absolute atomic E-state index is 0.145. The van der Waals surface area contributed by atoms with Crippen molar-refractivity contribution >= 4 is 0 Å². The fourth-order valence-electron chi connectivity index (χ4n) is 0.638. The highest BCUT2D eigenvalue weighted by Crippen LogP contribution is 2.14. The Balaban J connectivity index is 4.05. The number of rotatable bonds is 4. The zero-order valence-electron chi connectivity index (χ0n) is 8.22. The van der Waals surface area contributed by atoms with Gasteiger partial charge in [-0.05, 0) is 24.8 Å². The highest BCUT2D eigenvalue weighted by molar-refractivity contribution is 5.21. The molecular weight excluding hydrogens is 148 g/mol. The fraction of sp³-hybridized carbons (Fsp3) is 0.455. The van der Waals surface area contributed by atoms with Gasteiger partial charge in [0.25, 0.3) is 0 Å². The fourth-order valence-corrected chi connectivity index (χ4v) is 0.638. The molecule has 0 radical (unpaired) electrons. The van der Waals surface area contributed by atoms with Crippen molar-refractivity contribution < 1.29 is 5.11 Å². The molecule has 0 fully saturated rings. The first kappa shape index (κ1) is 11.0. The molecule has 0 aliphatic heterocycles. The van der Waals surface area contributed by atoms with Crippen LogP contribution < -0.4 is 0 Å². The maximum Gasteiger partial charge on any atom is 0.111 e. The van der Waals surface area contributed by atoms with Crippen molar-refractivity contribution in [2.45, 2.75) is 27.2 Å². The lowest BCUT2D eigenvalue weighted by Gasteiger charge is -2.06. The first-order valence-electron chi connectivity index (χ1n) is 4.17. The van der Waals surface area contributed by atoms with Crippen LogP contribution in [0.1, 0.15) is 27.2 Å². The summed E-state index contributed by atoms with van der Waals surface area (Å²) >= 11 is 0. The molecule has 68 valence electrons. The molecule has 0 aliphatic rings. The first-order valence-corrected chi connectivity index (χ1v) is 4.17. The molecule has 0 saturated heterocycles. The van der Waals surface area contributed by atoms with E-state index in [0.29, 0.717) is 5.92 Å². The molecule has 0 saturated carbocycles. The summed E-state index contributed by atoms with van der Waals surface area (Å²) in [4.78, 5) is 0. The summed E-state index contributed by atoms with van der Waals surface area (Å²) in [5.74, 6) is 0.646. The van der Waals surface area contributed by atoms with Gasteiger partial charge in [0.2, 0.25) is 0 Å². The largest absolute Gasteiger partial charge is 0.508 e. The predicted octanol–water partition coefficient (Wildman–Crippen LogP) is 3.61. The van der Waals surface area contributed by atoms with Gasteiger partial charge in [-0.1, -0.05) is 38.7 Å². The predicted molar refractivity (Wildman–Crippen MR) is 54.1 cm³/mol. The van der Waals surface area contributed by atoms with Crippen LogP contribution in [-0.4, -0.2) is 5.11 Å². The molecule has 0 bridgehead atoms. The Labute approximate surface area is 75.1 Å². The van der Waals surface area contributed by atoms with Crippen LogP contribution >= 0.6 is 0 Å². The van der Waals surface area contributed by atoms with Crippen molar-refractivity contribution in [1.29, 1.82) is 0 Å². The third-order valence-corrected chi connectivity index (χ3v) is 1.94. The van der Waals surface area contributed by atoms with Gasteiger partial charge in [0.1, 0.15) is 5.76 Å². The van der Waals surface area contributed by atoms with Crippen LogP contribution in [0.25, 0.3) is 0 Å². The van der Waals surface area contributed by atoms with Crippen molar-refractivity contribution in [2.24, 2.45) is 5.92 Å².